The van der Waals surface area contributed by atoms with Crippen LogP contribution in [0, 0.1) is 5.92 Å². The average molecular weight is 255 g/mol. The highest BCUT2D eigenvalue weighted by molar-refractivity contribution is 4.99. The van der Waals surface area contributed by atoms with Gasteiger partial charge in [-0.1, -0.05) is 112 Å². The minimum Gasteiger partial charge on any atom is -0.0776 e. The molecule has 0 atom stereocenters. The maximum Gasteiger partial charge on any atom is -0.0500 e. The Kier molecular flexibility index (Phi) is 43.0. The molecule has 0 N–H and O–H groups in total. The van der Waals surface area contributed by atoms with Crippen molar-refractivity contribution >= 4 is 0 Å². The van der Waals surface area contributed by atoms with Crippen LogP contribution in [-0.2, 0) is 0 Å². The zero-order chi connectivity index (χ0) is 13.9. The molecule has 0 heteroatoms. The van der Waals surface area contributed by atoms with E-state index in [4.69, 9.17) is 0 Å². The van der Waals surface area contributed by atoms with Gasteiger partial charge in [-0.3, -0.25) is 0 Å². The Labute approximate surface area is 118 Å². The second kappa shape index (κ2) is 29.8. The summed E-state index contributed by atoms with van der Waals surface area (Å²) in [6.07, 6.45) is 4.50. The van der Waals surface area contributed by atoms with Crippen LogP contribution in [0.5, 0.6) is 0 Å². The average Bonchev–Trinajstić information content (AvgIpc) is 3.24. The van der Waals surface area contributed by atoms with Gasteiger partial charge < -0.3 is 0 Å². The highest BCUT2D eigenvalue weighted by Gasteiger charge is 1.95. The SMILES string of the molecule is C.C1CC1.CC.CC.CC(C)C.c1ccccc1. The van der Waals surface area contributed by atoms with E-state index in [1.54, 1.807) is 0 Å². The summed E-state index contributed by atoms with van der Waals surface area (Å²) in [5.41, 5.74) is 0. The molecule has 0 radical (unpaired) electrons. The first-order chi connectivity index (χ1) is 8.23. The minimum absolute atomic E-state index is 0. The van der Waals surface area contributed by atoms with Crippen LogP contribution in [0.25, 0.3) is 0 Å². The van der Waals surface area contributed by atoms with Gasteiger partial charge in [0, 0.05) is 0 Å². The monoisotopic (exact) mass is 254 g/mol. The van der Waals surface area contributed by atoms with Crippen molar-refractivity contribution in [1.29, 1.82) is 0 Å². The van der Waals surface area contributed by atoms with Crippen LogP contribution in [0.2, 0.25) is 0 Å². The van der Waals surface area contributed by atoms with Crippen LogP contribution >= 0.6 is 0 Å². The third-order valence-corrected chi connectivity index (χ3v) is 1.02. The van der Waals surface area contributed by atoms with Crippen molar-refractivity contribution in [3.63, 3.8) is 0 Å². The molecule has 1 aromatic carbocycles. The topological polar surface area (TPSA) is 0 Å². The fourth-order valence-corrected chi connectivity index (χ4v) is 0.385. The summed E-state index contributed by atoms with van der Waals surface area (Å²) >= 11 is 0. The van der Waals surface area contributed by atoms with Gasteiger partial charge in [0.25, 0.3) is 0 Å². The molecule has 18 heavy (non-hydrogen) atoms. The van der Waals surface area contributed by atoms with E-state index in [0.717, 1.165) is 5.92 Å². The first kappa shape index (κ1) is 25.9. The highest BCUT2D eigenvalue weighted by Crippen LogP contribution is 2.14. The molecule has 0 heterocycles. The number of benzene rings is 1. The first-order valence-corrected chi connectivity index (χ1v) is 7.23. The van der Waals surface area contributed by atoms with Gasteiger partial charge in [-0.05, 0) is 5.92 Å². The molecule has 0 nitrogen and oxygen atoms in total. The largest absolute Gasteiger partial charge is 0.0776 e. The number of hydrogen-bond acceptors (Lipinski definition) is 0. The van der Waals surface area contributed by atoms with Crippen LogP contribution in [0.4, 0.5) is 0 Å². The lowest BCUT2D eigenvalue weighted by atomic mass is 10.3. The summed E-state index contributed by atoms with van der Waals surface area (Å²) in [7, 11) is 0. The fraction of sp³-hybridized carbons (Fsp3) is 0.667. The third kappa shape index (κ3) is 79.5. The lowest BCUT2D eigenvalue weighted by molar-refractivity contribution is 0.737. The smallest absolute Gasteiger partial charge is 0.0500 e. The Hall–Kier alpha value is -0.780. The highest BCUT2D eigenvalue weighted by atomic mass is 14.0. The van der Waals surface area contributed by atoms with Crippen LogP contribution in [-0.4, -0.2) is 0 Å². The summed E-state index contributed by atoms with van der Waals surface area (Å²) < 4.78 is 0. The van der Waals surface area contributed by atoms with Crippen molar-refractivity contribution in [1.82, 2.24) is 0 Å². The first-order valence-electron chi connectivity index (χ1n) is 7.23. The Morgan fingerprint density at radius 2 is 0.667 bits per heavy atom. The predicted molar refractivity (Wildman–Crippen MR) is 90.2 cm³/mol. The molecular weight excluding hydrogens is 216 g/mol. The van der Waals surface area contributed by atoms with Gasteiger partial charge in [-0.25, -0.2) is 0 Å². The Balaban J connectivity index is -0.0000000727. The lowest BCUT2D eigenvalue weighted by Crippen LogP contribution is -1.66. The molecule has 0 spiro atoms. The maximum atomic E-state index is 2.17. The summed E-state index contributed by atoms with van der Waals surface area (Å²) in [6, 6.07) is 12.0. The molecule has 0 aliphatic heterocycles. The molecule has 0 unspecified atom stereocenters. The van der Waals surface area contributed by atoms with E-state index in [-0.39, 0.29) is 7.43 Å². The zero-order valence-electron chi connectivity index (χ0n) is 13.2. The fourth-order valence-electron chi connectivity index (χ4n) is 0.385. The van der Waals surface area contributed by atoms with Gasteiger partial charge in [0.1, 0.15) is 0 Å². The quantitative estimate of drug-likeness (QED) is 0.459. The molecule has 1 aromatic rings. The van der Waals surface area contributed by atoms with Crippen molar-refractivity contribution in [3.8, 4) is 0 Å². The molecule has 0 aromatic heterocycles. The van der Waals surface area contributed by atoms with Gasteiger partial charge in [-0.2, -0.15) is 0 Å². The van der Waals surface area contributed by atoms with Crippen molar-refractivity contribution in [2.24, 2.45) is 5.92 Å². The molecule has 1 aliphatic rings. The Morgan fingerprint density at radius 1 is 0.556 bits per heavy atom. The van der Waals surface area contributed by atoms with Gasteiger partial charge in [0.15, 0.2) is 0 Å². The molecule has 110 valence electrons. The van der Waals surface area contributed by atoms with E-state index in [2.05, 4.69) is 20.8 Å². The Bertz CT molecular complexity index is 130. The zero-order valence-corrected chi connectivity index (χ0v) is 13.2. The van der Waals surface area contributed by atoms with E-state index in [0.29, 0.717) is 0 Å². The minimum atomic E-state index is 0. The van der Waals surface area contributed by atoms with Gasteiger partial charge >= 0.3 is 0 Å². The molecule has 0 amide bonds. The summed E-state index contributed by atoms with van der Waals surface area (Å²) in [5.74, 6) is 0.833. The molecule has 0 bridgehead atoms. The molecule has 1 fully saturated rings. The van der Waals surface area contributed by atoms with Crippen molar-refractivity contribution < 1.29 is 0 Å². The molecule has 1 saturated carbocycles. The van der Waals surface area contributed by atoms with Gasteiger partial charge in [-0.15, -0.1) is 0 Å². The molecular formula is C18H38. The third-order valence-electron chi connectivity index (χ3n) is 1.02. The van der Waals surface area contributed by atoms with E-state index >= 15 is 0 Å². The second-order valence-electron chi connectivity index (χ2n) is 3.95. The second-order valence-corrected chi connectivity index (χ2v) is 3.95. The van der Waals surface area contributed by atoms with E-state index in [1.807, 2.05) is 64.1 Å². The van der Waals surface area contributed by atoms with Crippen molar-refractivity contribution in [3.05, 3.63) is 36.4 Å². The standard InChI is InChI=1S/C6H6.C4H10.C3H6.2C2H6.CH4/c1-2-4-6-5-3-1;1-4(2)3;1-2-3-1;2*1-2;/h1-6H;4H,1-3H3;1-3H2;2*1-2H3;1H4. The summed E-state index contributed by atoms with van der Waals surface area (Å²) in [6.45, 7) is 14.5. The maximum absolute atomic E-state index is 2.17. The van der Waals surface area contributed by atoms with Gasteiger partial charge in [0.2, 0.25) is 0 Å². The van der Waals surface area contributed by atoms with E-state index < -0.39 is 0 Å². The van der Waals surface area contributed by atoms with Crippen LogP contribution in [0.1, 0.15) is 75.2 Å². The van der Waals surface area contributed by atoms with Crippen LogP contribution < -0.4 is 0 Å². The summed E-state index contributed by atoms with van der Waals surface area (Å²) in [5, 5.41) is 0. The van der Waals surface area contributed by atoms with E-state index in [9.17, 15) is 0 Å². The molecule has 2 rings (SSSR count). The Morgan fingerprint density at radius 3 is 0.722 bits per heavy atom. The number of rotatable bonds is 0. The normalized spacial score (nSPS) is 9.33. The van der Waals surface area contributed by atoms with Crippen molar-refractivity contribution in [2.45, 2.75) is 75.2 Å². The van der Waals surface area contributed by atoms with Crippen LogP contribution in [0.3, 0.4) is 0 Å². The van der Waals surface area contributed by atoms with Gasteiger partial charge in [0.05, 0.1) is 0 Å². The molecule has 0 saturated heterocycles. The lowest BCUT2D eigenvalue weighted by Gasteiger charge is -1.79. The predicted octanol–water partition coefficient (Wildman–Crippen LogP) is 7.21. The van der Waals surface area contributed by atoms with Crippen molar-refractivity contribution in [2.75, 3.05) is 0 Å². The molecule has 1 aliphatic carbocycles. The van der Waals surface area contributed by atoms with Crippen LogP contribution in [0.15, 0.2) is 36.4 Å². The summed E-state index contributed by atoms with van der Waals surface area (Å²) in [4.78, 5) is 0. The van der Waals surface area contributed by atoms with E-state index in [1.165, 1.54) is 19.3 Å². The number of hydrogen-bond donors (Lipinski definition) is 0.